The van der Waals surface area contributed by atoms with Crippen molar-refractivity contribution in [3.05, 3.63) is 52.3 Å². The topological polar surface area (TPSA) is 54.0 Å². The van der Waals surface area contributed by atoms with Gasteiger partial charge in [-0.1, -0.05) is 37.0 Å². The lowest BCUT2D eigenvalue weighted by atomic mass is 10.1. The molecule has 0 spiro atoms. The molecule has 6 heteroatoms. The van der Waals surface area contributed by atoms with Gasteiger partial charge < -0.3 is 10.6 Å². The lowest BCUT2D eigenvalue weighted by Gasteiger charge is -2.10. The molecule has 0 radical (unpaired) electrons. The SMILES string of the molecule is CC(C)CCNc1ccnc(C(=O)Nc2ccc(Cl)c(Cl)c2)c1. The first-order valence-corrected chi connectivity index (χ1v) is 8.17. The molecule has 0 saturated carbocycles. The molecule has 1 amide bonds. The Labute approximate surface area is 146 Å². The van der Waals surface area contributed by atoms with Gasteiger partial charge in [-0.25, -0.2) is 0 Å². The molecule has 0 fully saturated rings. The van der Waals surface area contributed by atoms with Crippen LogP contribution in [0.1, 0.15) is 30.8 Å². The molecule has 0 atom stereocenters. The second-order valence-electron chi connectivity index (χ2n) is 5.62. The van der Waals surface area contributed by atoms with E-state index >= 15 is 0 Å². The van der Waals surface area contributed by atoms with Gasteiger partial charge in [0.1, 0.15) is 5.69 Å². The minimum atomic E-state index is -0.295. The van der Waals surface area contributed by atoms with Crippen LogP contribution in [0.2, 0.25) is 10.0 Å². The van der Waals surface area contributed by atoms with Crippen molar-refractivity contribution in [1.29, 1.82) is 0 Å². The molecule has 23 heavy (non-hydrogen) atoms. The third-order valence-electron chi connectivity index (χ3n) is 3.22. The number of nitrogens with zero attached hydrogens (tertiary/aromatic N) is 1. The van der Waals surface area contributed by atoms with Gasteiger partial charge >= 0.3 is 0 Å². The number of pyridine rings is 1. The predicted octanol–water partition coefficient (Wildman–Crippen LogP) is 5.10. The van der Waals surface area contributed by atoms with Crippen molar-refractivity contribution in [3.8, 4) is 0 Å². The maximum absolute atomic E-state index is 12.3. The van der Waals surface area contributed by atoms with E-state index < -0.39 is 0 Å². The predicted molar refractivity (Wildman–Crippen MR) is 96.6 cm³/mol. The van der Waals surface area contributed by atoms with Gasteiger partial charge in [-0.3, -0.25) is 9.78 Å². The molecule has 0 aliphatic heterocycles. The Hall–Kier alpha value is -1.78. The van der Waals surface area contributed by atoms with Crippen molar-refractivity contribution >= 4 is 40.5 Å². The van der Waals surface area contributed by atoms with E-state index in [1.165, 1.54) is 0 Å². The number of anilines is 2. The second kappa shape index (κ2) is 8.18. The Morgan fingerprint density at radius 2 is 1.91 bits per heavy atom. The summed E-state index contributed by atoms with van der Waals surface area (Å²) in [6, 6.07) is 8.50. The van der Waals surface area contributed by atoms with Crippen molar-refractivity contribution in [2.45, 2.75) is 20.3 Å². The van der Waals surface area contributed by atoms with Crippen LogP contribution in [0, 0.1) is 5.92 Å². The van der Waals surface area contributed by atoms with Crippen molar-refractivity contribution < 1.29 is 4.79 Å². The molecule has 2 rings (SSSR count). The maximum Gasteiger partial charge on any atom is 0.274 e. The van der Waals surface area contributed by atoms with E-state index in [9.17, 15) is 4.79 Å². The minimum Gasteiger partial charge on any atom is -0.385 e. The van der Waals surface area contributed by atoms with Crippen LogP contribution in [0.25, 0.3) is 0 Å². The van der Waals surface area contributed by atoms with Crippen LogP contribution in [-0.2, 0) is 0 Å². The first-order valence-electron chi connectivity index (χ1n) is 7.42. The molecule has 2 aromatic rings. The number of carbonyl (C=O) groups is 1. The summed E-state index contributed by atoms with van der Waals surface area (Å²) in [7, 11) is 0. The average Bonchev–Trinajstić information content (AvgIpc) is 2.51. The van der Waals surface area contributed by atoms with Crippen LogP contribution < -0.4 is 10.6 Å². The molecular formula is C17H19Cl2N3O. The molecule has 0 aliphatic rings. The standard InChI is InChI=1S/C17H19Cl2N3O/c1-11(2)5-7-20-12-6-8-21-16(10-12)17(23)22-13-3-4-14(18)15(19)9-13/h3-4,6,8-11H,5,7H2,1-2H3,(H,20,21)(H,22,23). The second-order valence-corrected chi connectivity index (χ2v) is 6.44. The number of carbonyl (C=O) groups excluding carboxylic acids is 1. The van der Waals surface area contributed by atoms with Gasteiger partial charge in [0.15, 0.2) is 0 Å². The van der Waals surface area contributed by atoms with E-state index in [0.29, 0.717) is 27.3 Å². The number of amides is 1. The number of nitrogens with one attached hydrogen (secondary N) is 2. The summed E-state index contributed by atoms with van der Waals surface area (Å²) in [5.41, 5.74) is 1.79. The quantitative estimate of drug-likeness (QED) is 0.761. The maximum atomic E-state index is 12.3. The molecular weight excluding hydrogens is 333 g/mol. The first kappa shape index (κ1) is 17.6. The van der Waals surface area contributed by atoms with Crippen molar-refractivity contribution in [1.82, 2.24) is 4.98 Å². The number of benzene rings is 1. The van der Waals surface area contributed by atoms with Crippen molar-refractivity contribution in [2.75, 3.05) is 17.2 Å². The summed E-state index contributed by atoms with van der Waals surface area (Å²) in [5, 5.41) is 6.88. The van der Waals surface area contributed by atoms with Gasteiger partial charge in [0.25, 0.3) is 5.91 Å². The van der Waals surface area contributed by atoms with Crippen LogP contribution in [0.4, 0.5) is 11.4 Å². The molecule has 0 unspecified atom stereocenters. The molecule has 4 nitrogen and oxygen atoms in total. The fraction of sp³-hybridized carbons (Fsp3) is 0.294. The van der Waals surface area contributed by atoms with E-state index in [1.54, 1.807) is 30.5 Å². The third-order valence-corrected chi connectivity index (χ3v) is 3.96. The van der Waals surface area contributed by atoms with Gasteiger partial charge in [0.05, 0.1) is 10.0 Å². The summed E-state index contributed by atoms with van der Waals surface area (Å²) in [6.07, 6.45) is 2.68. The number of rotatable bonds is 6. The van der Waals surface area contributed by atoms with E-state index in [-0.39, 0.29) is 5.91 Å². The summed E-state index contributed by atoms with van der Waals surface area (Å²) < 4.78 is 0. The monoisotopic (exact) mass is 351 g/mol. The number of hydrogen-bond donors (Lipinski definition) is 2. The Morgan fingerprint density at radius 1 is 1.13 bits per heavy atom. The zero-order chi connectivity index (χ0) is 16.8. The minimum absolute atomic E-state index is 0.295. The van der Waals surface area contributed by atoms with Crippen LogP contribution in [0.3, 0.4) is 0 Å². The van der Waals surface area contributed by atoms with Crippen molar-refractivity contribution in [2.24, 2.45) is 5.92 Å². The molecule has 1 aromatic carbocycles. The Morgan fingerprint density at radius 3 is 2.61 bits per heavy atom. The molecule has 0 saturated heterocycles. The van der Waals surface area contributed by atoms with Crippen LogP contribution in [0.5, 0.6) is 0 Å². The highest BCUT2D eigenvalue weighted by molar-refractivity contribution is 6.42. The molecule has 2 N–H and O–H groups in total. The van der Waals surface area contributed by atoms with E-state index in [0.717, 1.165) is 18.7 Å². The fourth-order valence-corrected chi connectivity index (χ4v) is 2.24. The van der Waals surface area contributed by atoms with Crippen LogP contribution in [-0.4, -0.2) is 17.4 Å². The molecule has 1 aromatic heterocycles. The highest BCUT2D eigenvalue weighted by atomic mass is 35.5. The van der Waals surface area contributed by atoms with Gasteiger partial charge in [-0.2, -0.15) is 0 Å². The molecule has 1 heterocycles. The fourth-order valence-electron chi connectivity index (χ4n) is 1.94. The highest BCUT2D eigenvalue weighted by Gasteiger charge is 2.09. The number of hydrogen-bond acceptors (Lipinski definition) is 3. The molecule has 0 bridgehead atoms. The largest absolute Gasteiger partial charge is 0.385 e. The number of halogens is 2. The normalized spacial score (nSPS) is 10.7. The Balaban J connectivity index is 2.02. The van der Waals surface area contributed by atoms with E-state index in [2.05, 4.69) is 29.5 Å². The molecule has 122 valence electrons. The lowest BCUT2D eigenvalue weighted by Crippen LogP contribution is -2.14. The average molecular weight is 352 g/mol. The summed E-state index contributed by atoms with van der Waals surface area (Å²) in [4.78, 5) is 16.4. The third kappa shape index (κ3) is 5.41. The highest BCUT2D eigenvalue weighted by Crippen LogP contribution is 2.25. The summed E-state index contributed by atoms with van der Waals surface area (Å²) in [6.45, 7) is 5.20. The van der Waals surface area contributed by atoms with Crippen molar-refractivity contribution in [3.63, 3.8) is 0 Å². The summed E-state index contributed by atoms with van der Waals surface area (Å²) in [5.74, 6) is 0.331. The van der Waals surface area contributed by atoms with Crippen LogP contribution in [0.15, 0.2) is 36.5 Å². The zero-order valence-electron chi connectivity index (χ0n) is 13.1. The van der Waals surface area contributed by atoms with Gasteiger partial charge in [-0.05, 0) is 42.7 Å². The number of aromatic nitrogens is 1. The molecule has 0 aliphatic carbocycles. The lowest BCUT2D eigenvalue weighted by molar-refractivity contribution is 0.102. The Bertz CT molecular complexity index is 689. The van der Waals surface area contributed by atoms with Gasteiger partial charge in [0, 0.05) is 24.1 Å². The van der Waals surface area contributed by atoms with Crippen LogP contribution >= 0.6 is 23.2 Å². The summed E-state index contributed by atoms with van der Waals surface area (Å²) >= 11 is 11.8. The Kier molecular flexibility index (Phi) is 6.25. The van der Waals surface area contributed by atoms with Gasteiger partial charge in [-0.15, -0.1) is 0 Å². The van der Waals surface area contributed by atoms with E-state index in [4.69, 9.17) is 23.2 Å². The smallest absolute Gasteiger partial charge is 0.274 e. The first-order chi connectivity index (χ1) is 11.0. The van der Waals surface area contributed by atoms with Gasteiger partial charge in [0.2, 0.25) is 0 Å². The zero-order valence-corrected chi connectivity index (χ0v) is 14.6. The van der Waals surface area contributed by atoms with E-state index in [1.807, 2.05) is 6.07 Å².